The number of hydrogen-bond acceptors (Lipinski definition) is 4. The van der Waals surface area contributed by atoms with Gasteiger partial charge in [0.2, 0.25) is 0 Å². The third-order valence-corrected chi connectivity index (χ3v) is 5.37. The van der Waals surface area contributed by atoms with Gasteiger partial charge >= 0.3 is 0 Å². The van der Waals surface area contributed by atoms with Crippen LogP contribution in [0.15, 0.2) is 23.1 Å². The smallest absolute Gasteiger partial charge is 0.182 e. The van der Waals surface area contributed by atoms with Crippen molar-refractivity contribution < 1.29 is 13.5 Å². The van der Waals surface area contributed by atoms with E-state index in [0.29, 0.717) is 17.7 Å². The molecule has 0 saturated carbocycles. The first-order valence-electron chi connectivity index (χ1n) is 6.13. The van der Waals surface area contributed by atoms with Gasteiger partial charge in [-0.05, 0) is 31.4 Å². The molecule has 0 aliphatic carbocycles. The van der Waals surface area contributed by atoms with E-state index in [1.54, 1.807) is 12.1 Å². The molecule has 1 unspecified atom stereocenters. The summed E-state index contributed by atoms with van der Waals surface area (Å²) in [5.74, 6) is 0.139. The Morgan fingerprint density at radius 3 is 2.83 bits per heavy atom. The third kappa shape index (κ3) is 2.24. The van der Waals surface area contributed by atoms with Crippen molar-refractivity contribution in [1.82, 2.24) is 0 Å². The number of aliphatic hydroxyl groups excluding tert-OH is 1. The molecule has 0 fully saturated rings. The van der Waals surface area contributed by atoms with Crippen LogP contribution >= 0.6 is 0 Å². The Hall–Kier alpha value is -1.07. The molecule has 5 heteroatoms. The highest BCUT2D eigenvalue weighted by Crippen LogP contribution is 2.36. The van der Waals surface area contributed by atoms with Crippen molar-refractivity contribution in [2.75, 3.05) is 24.3 Å². The molecule has 18 heavy (non-hydrogen) atoms. The molecule has 0 bridgehead atoms. The summed E-state index contributed by atoms with van der Waals surface area (Å²) in [5.41, 5.74) is 1.79. The summed E-state index contributed by atoms with van der Waals surface area (Å²) in [6, 6.07) is 5.35. The van der Waals surface area contributed by atoms with Gasteiger partial charge in [-0.3, -0.25) is 0 Å². The first-order chi connectivity index (χ1) is 8.47. The predicted octanol–water partition coefficient (Wildman–Crippen LogP) is 1.36. The van der Waals surface area contributed by atoms with Crippen LogP contribution in [0.5, 0.6) is 0 Å². The fourth-order valence-electron chi connectivity index (χ4n) is 2.58. The highest BCUT2D eigenvalue weighted by Gasteiger charge is 2.34. The van der Waals surface area contributed by atoms with E-state index in [4.69, 9.17) is 5.11 Å². The minimum atomic E-state index is -3.20. The van der Waals surface area contributed by atoms with E-state index < -0.39 is 9.84 Å². The van der Waals surface area contributed by atoms with Gasteiger partial charge in [0.1, 0.15) is 0 Å². The maximum Gasteiger partial charge on any atom is 0.182 e. The number of aliphatic hydroxyl groups is 1. The van der Waals surface area contributed by atoms with E-state index in [2.05, 4.69) is 0 Å². The number of benzene rings is 1. The lowest BCUT2D eigenvalue weighted by atomic mass is 10.1. The quantitative estimate of drug-likeness (QED) is 0.900. The van der Waals surface area contributed by atoms with Gasteiger partial charge < -0.3 is 10.0 Å². The van der Waals surface area contributed by atoms with E-state index in [-0.39, 0.29) is 18.4 Å². The highest BCUT2D eigenvalue weighted by atomic mass is 32.2. The molecule has 1 heterocycles. The second kappa shape index (κ2) is 4.90. The van der Waals surface area contributed by atoms with Crippen LogP contribution in [0.4, 0.5) is 5.69 Å². The van der Waals surface area contributed by atoms with E-state index in [1.807, 2.05) is 24.9 Å². The normalized spacial score (nSPS) is 21.7. The van der Waals surface area contributed by atoms with E-state index in [9.17, 15) is 8.42 Å². The molecule has 2 rings (SSSR count). The van der Waals surface area contributed by atoms with Gasteiger partial charge in [0.05, 0.1) is 16.3 Å². The minimum absolute atomic E-state index is 0.0456. The number of para-hydroxylation sites is 1. The maximum atomic E-state index is 12.3. The molecule has 0 aromatic heterocycles. The average Bonchev–Trinajstić information content (AvgIpc) is 2.32. The summed E-state index contributed by atoms with van der Waals surface area (Å²) < 4.78 is 24.5. The SMILES string of the molecule is Cc1cccc2c1N(C)C(CCCO)CS2(=O)=O. The zero-order valence-corrected chi connectivity index (χ0v) is 11.6. The van der Waals surface area contributed by atoms with E-state index in [0.717, 1.165) is 11.3 Å². The Bertz CT molecular complexity index is 539. The van der Waals surface area contributed by atoms with Crippen molar-refractivity contribution in [3.63, 3.8) is 0 Å². The summed E-state index contributed by atoms with van der Waals surface area (Å²) in [5, 5.41) is 8.90. The highest BCUT2D eigenvalue weighted by molar-refractivity contribution is 7.91. The molecule has 1 N–H and O–H groups in total. The van der Waals surface area contributed by atoms with Gasteiger partial charge in [-0.25, -0.2) is 8.42 Å². The fourth-order valence-corrected chi connectivity index (χ4v) is 4.54. The number of hydrogen-bond donors (Lipinski definition) is 1. The van der Waals surface area contributed by atoms with Gasteiger partial charge in [-0.1, -0.05) is 12.1 Å². The molecule has 0 spiro atoms. The second-order valence-electron chi connectivity index (χ2n) is 4.83. The summed E-state index contributed by atoms with van der Waals surface area (Å²) >= 11 is 0. The Kier molecular flexibility index (Phi) is 3.64. The van der Waals surface area contributed by atoms with Crippen molar-refractivity contribution in [2.24, 2.45) is 0 Å². The van der Waals surface area contributed by atoms with Crippen LogP contribution in [0, 0.1) is 6.92 Å². The van der Waals surface area contributed by atoms with E-state index >= 15 is 0 Å². The number of sulfone groups is 1. The zero-order chi connectivity index (χ0) is 13.3. The number of aryl methyl sites for hydroxylation is 1. The summed E-state index contributed by atoms with van der Waals surface area (Å²) in [7, 11) is -1.27. The lowest BCUT2D eigenvalue weighted by Crippen LogP contribution is -2.42. The molecule has 0 saturated heterocycles. The first kappa shape index (κ1) is 13.4. The third-order valence-electron chi connectivity index (χ3n) is 3.54. The van der Waals surface area contributed by atoms with Gasteiger partial charge in [0, 0.05) is 19.7 Å². The summed E-state index contributed by atoms with van der Waals surface area (Å²) in [6.07, 6.45) is 1.33. The summed E-state index contributed by atoms with van der Waals surface area (Å²) in [6.45, 7) is 2.03. The largest absolute Gasteiger partial charge is 0.396 e. The lowest BCUT2D eigenvalue weighted by molar-refractivity contribution is 0.280. The monoisotopic (exact) mass is 269 g/mol. The molecular formula is C13H19NO3S. The molecule has 1 aliphatic rings. The number of rotatable bonds is 3. The lowest BCUT2D eigenvalue weighted by Gasteiger charge is -2.36. The predicted molar refractivity (Wildman–Crippen MR) is 71.7 cm³/mol. The minimum Gasteiger partial charge on any atom is -0.396 e. The van der Waals surface area contributed by atoms with Gasteiger partial charge in [-0.15, -0.1) is 0 Å². The van der Waals surface area contributed by atoms with E-state index in [1.165, 1.54) is 0 Å². The van der Waals surface area contributed by atoms with Crippen LogP contribution in [0.2, 0.25) is 0 Å². The van der Waals surface area contributed by atoms with Crippen molar-refractivity contribution in [3.05, 3.63) is 23.8 Å². The van der Waals surface area contributed by atoms with Gasteiger partial charge in [0.15, 0.2) is 9.84 Å². The van der Waals surface area contributed by atoms with Gasteiger partial charge in [0.25, 0.3) is 0 Å². The van der Waals surface area contributed by atoms with Crippen LogP contribution in [-0.2, 0) is 9.84 Å². The number of fused-ring (bicyclic) bond motifs is 1. The second-order valence-corrected chi connectivity index (χ2v) is 6.84. The molecule has 1 aromatic carbocycles. The molecule has 0 amide bonds. The standard InChI is InChI=1S/C13H19NO3S/c1-10-5-3-7-12-13(10)14(2)11(6-4-8-15)9-18(12,16)17/h3,5,7,11,15H,4,6,8-9H2,1-2H3. The molecule has 4 nitrogen and oxygen atoms in total. The van der Waals surface area contributed by atoms with Crippen LogP contribution in [0.25, 0.3) is 0 Å². The molecule has 1 aromatic rings. The van der Waals surface area contributed by atoms with Crippen LogP contribution in [0.1, 0.15) is 18.4 Å². The van der Waals surface area contributed by atoms with Crippen LogP contribution in [-0.4, -0.2) is 39.0 Å². The molecule has 1 aliphatic heterocycles. The summed E-state index contributed by atoms with van der Waals surface area (Å²) in [4.78, 5) is 2.48. The first-order valence-corrected chi connectivity index (χ1v) is 7.78. The molecular weight excluding hydrogens is 250 g/mol. The average molecular weight is 269 g/mol. The Morgan fingerprint density at radius 2 is 2.17 bits per heavy atom. The van der Waals surface area contributed by atoms with Crippen molar-refractivity contribution in [2.45, 2.75) is 30.7 Å². The zero-order valence-electron chi connectivity index (χ0n) is 10.8. The number of anilines is 1. The maximum absolute atomic E-state index is 12.3. The molecule has 100 valence electrons. The van der Waals surface area contributed by atoms with Gasteiger partial charge in [-0.2, -0.15) is 0 Å². The Balaban J connectivity index is 2.46. The Labute approximate surface area is 108 Å². The van der Waals surface area contributed by atoms with Crippen molar-refractivity contribution >= 4 is 15.5 Å². The van der Waals surface area contributed by atoms with Crippen molar-refractivity contribution in [3.8, 4) is 0 Å². The van der Waals surface area contributed by atoms with Crippen LogP contribution < -0.4 is 4.90 Å². The topological polar surface area (TPSA) is 57.6 Å². The molecule has 1 atom stereocenters. The molecule has 0 radical (unpaired) electrons. The fraction of sp³-hybridized carbons (Fsp3) is 0.538. The van der Waals surface area contributed by atoms with Crippen LogP contribution in [0.3, 0.4) is 0 Å². The Morgan fingerprint density at radius 1 is 1.44 bits per heavy atom. The van der Waals surface area contributed by atoms with Crippen molar-refractivity contribution in [1.29, 1.82) is 0 Å². The number of nitrogens with zero attached hydrogens (tertiary/aromatic N) is 1.